The first kappa shape index (κ1) is 17.2. The molecule has 1 aliphatic rings. The lowest BCUT2D eigenvalue weighted by Crippen LogP contribution is -2.45. The fraction of sp³-hybridized carbons (Fsp3) is 0.389. The van der Waals surface area contributed by atoms with Crippen LogP contribution in [0, 0.1) is 0 Å². The molecule has 1 N–H and O–H groups in total. The van der Waals surface area contributed by atoms with E-state index in [0.717, 1.165) is 25.9 Å². The normalized spacial score (nSPS) is 16.8. The smallest absolute Gasteiger partial charge is 0.143 e. The largest absolute Gasteiger partial charge is 0.317 e. The highest BCUT2D eigenvalue weighted by atomic mass is 35.5. The Kier molecular flexibility index (Phi) is 5.79. The molecule has 2 heterocycles. The minimum Gasteiger partial charge on any atom is -0.317 e. The number of halogens is 1. The molecule has 3 rings (SSSR count). The van der Waals surface area contributed by atoms with Gasteiger partial charge < -0.3 is 5.32 Å². The summed E-state index contributed by atoms with van der Waals surface area (Å²) < 4.78 is 0. The van der Waals surface area contributed by atoms with Gasteiger partial charge in [0.25, 0.3) is 0 Å². The van der Waals surface area contributed by atoms with Crippen LogP contribution in [0.4, 0.5) is 0 Å². The molecule has 22 heavy (non-hydrogen) atoms. The average molecular weight is 336 g/mol. The molecule has 0 saturated carbocycles. The molecule has 118 valence electrons. The third-order valence-corrected chi connectivity index (χ3v) is 5.49. The van der Waals surface area contributed by atoms with Gasteiger partial charge in [0, 0.05) is 11.3 Å². The number of carbonyl (C=O) groups is 1. The molecule has 1 saturated heterocycles. The molecule has 1 aromatic heterocycles. The zero-order chi connectivity index (χ0) is 14.7. The van der Waals surface area contributed by atoms with Gasteiger partial charge in [-0.1, -0.05) is 37.3 Å². The van der Waals surface area contributed by atoms with Crippen molar-refractivity contribution >= 4 is 29.5 Å². The van der Waals surface area contributed by atoms with Crippen LogP contribution < -0.4 is 5.32 Å². The summed E-state index contributed by atoms with van der Waals surface area (Å²) in [5.74, 6) is 0.389. The Hall–Kier alpha value is -1.16. The second kappa shape index (κ2) is 7.40. The van der Waals surface area contributed by atoms with Crippen LogP contribution in [0.3, 0.4) is 0 Å². The van der Waals surface area contributed by atoms with E-state index in [2.05, 4.69) is 41.0 Å². The lowest BCUT2D eigenvalue weighted by molar-refractivity contribution is -0.125. The number of ketones is 1. The summed E-state index contributed by atoms with van der Waals surface area (Å²) in [5.41, 5.74) is 2.18. The Balaban J connectivity index is 0.00000176. The highest BCUT2D eigenvalue weighted by Gasteiger charge is 2.41. The number of benzene rings is 1. The summed E-state index contributed by atoms with van der Waals surface area (Å²) in [6.45, 7) is 3.84. The number of thiophene rings is 1. The van der Waals surface area contributed by atoms with Crippen LogP contribution in [0.5, 0.6) is 0 Å². The van der Waals surface area contributed by atoms with Gasteiger partial charge in [0.1, 0.15) is 5.78 Å². The first-order valence-electron chi connectivity index (χ1n) is 7.65. The fourth-order valence-corrected chi connectivity index (χ4v) is 4.39. The lowest BCUT2D eigenvalue weighted by Gasteiger charge is -2.37. The number of nitrogens with one attached hydrogen (secondary N) is 1. The van der Waals surface area contributed by atoms with E-state index in [1.165, 1.54) is 16.0 Å². The van der Waals surface area contributed by atoms with Crippen LogP contribution in [-0.2, 0) is 10.2 Å². The number of piperidine rings is 1. The van der Waals surface area contributed by atoms with Gasteiger partial charge in [-0.3, -0.25) is 4.79 Å². The maximum absolute atomic E-state index is 12.7. The number of hydrogen-bond acceptors (Lipinski definition) is 3. The van der Waals surface area contributed by atoms with E-state index in [4.69, 9.17) is 0 Å². The van der Waals surface area contributed by atoms with Crippen molar-refractivity contribution in [3.8, 4) is 10.4 Å². The summed E-state index contributed by atoms with van der Waals surface area (Å²) in [5, 5.41) is 5.52. The van der Waals surface area contributed by atoms with Gasteiger partial charge in [0.2, 0.25) is 0 Å². The van der Waals surface area contributed by atoms with E-state index in [0.29, 0.717) is 12.2 Å². The molecule has 0 radical (unpaired) electrons. The molecule has 2 nitrogen and oxygen atoms in total. The van der Waals surface area contributed by atoms with Gasteiger partial charge in [0.15, 0.2) is 0 Å². The van der Waals surface area contributed by atoms with Crippen LogP contribution in [0.25, 0.3) is 10.4 Å². The Bertz CT molecular complexity index is 617. The Labute approximate surface area is 142 Å². The van der Waals surface area contributed by atoms with E-state index >= 15 is 0 Å². The molecule has 0 aliphatic carbocycles. The summed E-state index contributed by atoms with van der Waals surface area (Å²) in [4.78, 5) is 14.0. The first-order chi connectivity index (χ1) is 10.3. The molecule has 0 spiro atoms. The number of Topliss-reactive ketones (excluding diaryl/α,β-unsaturated/α-hetero) is 1. The number of rotatable bonds is 4. The SMILES string of the molecule is CCC(=O)C1(c2ccsc2-c2ccccc2)CCNCC1.Cl. The third kappa shape index (κ3) is 2.98. The predicted molar refractivity (Wildman–Crippen MR) is 96.1 cm³/mol. The average Bonchev–Trinajstić information content (AvgIpc) is 3.05. The Morgan fingerprint density at radius 3 is 2.50 bits per heavy atom. The van der Waals surface area contributed by atoms with Crippen LogP contribution in [0.15, 0.2) is 41.8 Å². The van der Waals surface area contributed by atoms with Crippen LogP contribution in [0.1, 0.15) is 31.7 Å². The zero-order valence-corrected chi connectivity index (χ0v) is 14.4. The third-order valence-electron chi connectivity index (χ3n) is 4.53. The maximum Gasteiger partial charge on any atom is 0.143 e. The van der Waals surface area contributed by atoms with Crippen LogP contribution in [-0.4, -0.2) is 18.9 Å². The van der Waals surface area contributed by atoms with Gasteiger partial charge in [-0.25, -0.2) is 0 Å². The van der Waals surface area contributed by atoms with Crippen molar-refractivity contribution in [2.24, 2.45) is 0 Å². The van der Waals surface area contributed by atoms with Crippen molar-refractivity contribution in [1.82, 2.24) is 5.32 Å². The van der Waals surface area contributed by atoms with Gasteiger partial charge in [-0.05, 0) is 48.5 Å². The quantitative estimate of drug-likeness (QED) is 0.895. The second-order valence-electron chi connectivity index (χ2n) is 5.64. The highest BCUT2D eigenvalue weighted by molar-refractivity contribution is 7.13. The predicted octanol–water partition coefficient (Wildman–Crippen LogP) is 4.44. The van der Waals surface area contributed by atoms with Crippen molar-refractivity contribution in [3.63, 3.8) is 0 Å². The summed E-state index contributed by atoms with van der Waals surface area (Å²) in [6.07, 6.45) is 2.44. The molecule has 4 heteroatoms. The number of carbonyl (C=O) groups excluding carboxylic acids is 1. The van der Waals surface area contributed by atoms with Crippen molar-refractivity contribution in [3.05, 3.63) is 47.3 Å². The van der Waals surface area contributed by atoms with Crippen LogP contribution >= 0.6 is 23.7 Å². The molecule has 2 aromatic rings. The summed E-state index contributed by atoms with van der Waals surface area (Å²) >= 11 is 1.75. The van der Waals surface area contributed by atoms with Gasteiger partial charge in [0.05, 0.1) is 5.41 Å². The monoisotopic (exact) mass is 335 g/mol. The van der Waals surface area contributed by atoms with Crippen molar-refractivity contribution in [2.75, 3.05) is 13.1 Å². The molecule has 0 unspecified atom stereocenters. The van der Waals surface area contributed by atoms with Crippen molar-refractivity contribution < 1.29 is 4.79 Å². The first-order valence-corrected chi connectivity index (χ1v) is 8.53. The lowest BCUT2D eigenvalue weighted by atomic mass is 9.69. The molecule has 0 amide bonds. The highest BCUT2D eigenvalue weighted by Crippen LogP contribution is 2.43. The van der Waals surface area contributed by atoms with Gasteiger partial charge >= 0.3 is 0 Å². The molecule has 0 bridgehead atoms. The minimum atomic E-state index is -0.287. The van der Waals surface area contributed by atoms with Crippen molar-refractivity contribution in [2.45, 2.75) is 31.6 Å². The molecule has 1 fully saturated rings. The zero-order valence-electron chi connectivity index (χ0n) is 12.8. The Morgan fingerprint density at radius 1 is 1.18 bits per heavy atom. The van der Waals surface area contributed by atoms with E-state index in [1.807, 2.05) is 13.0 Å². The maximum atomic E-state index is 12.7. The molecule has 0 atom stereocenters. The van der Waals surface area contributed by atoms with E-state index in [1.54, 1.807) is 11.3 Å². The minimum absolute atomic E-state index is 0. The van der Waals surface area contributed by atoms with Crippen molar-refractivity contribution in [1.29, 1.82) is 0 Å². The summed E-state index contributed by atoms with van der Waals surface area (Å²) in [6, 6.07) is 12.6. The van der Waals surface area contributed by atoms with E-state index in [-0.39, 0.29) is 17.8 Å². The standard InChI is InChI=1S/C18H21NOS.ClH/c1-2-16(20)18(9-11-19-12-10-18)15-8-13-21-17(15)14-6-4-3-5-7-14;/h3-8,13,19H,2,9-12H2,1H3;1H. The molecule has 1 aliphatic heterocycles. The van der Waals surface area contributed by atoms with Crippen LogP contribution in [0.2, 0.25) is 0 Å². The Morgan fingerprint density at radius 2 is 1.86 bits per heavy atom. The number of hydrogen-bond donors (Lipinski definition) is 1. The fourth-order valence-electron chi connectivity index (χ4n) is 3.39. The molecule has 1 aromatic carbocycles. The molecular formula is C18H22ClNOS. The van der Waals surface area contributed by atoms with Gasteiger partial charge in [-0.15, -0.1) is 23.7 Å². The molecular weight excluding hydrogens is 314 g/mol. The van der Waals surface area contributed by atoms with Gasteiger partial charge in [-0.2, -0.15) is 0 Å². The van der Waals surface area contributed by atoms with E-state index in [9.17, 15) is 4.79 Å². The second-order valence-corrected chi connectivity index (χ2v) is 6.55. The van der Waals surface area contributed by atoms with E-state index < -0.39 is 0 Å². The topological polar surface area (TPSA) is 29.1 Å². The summed E-state index contributed by atoms with van der Waals surface area (Å²) in [7, 11) is 0.